The second-order valence-corrected chi connectivity index (χ2v) is 8.17. The maximum atomic E-state index is 9.14. The van der Waals surface area contributed by atoms with Gasteiger partial charge in [-0.05, 0) is 23.6 Å². The molecule has 1 heterocycles. The average molecular weight is 402 g/mol. The zero-order chi connectivity index (χ0) is 20.0. The van der Waals surface area contributed by atoms with Crippen LogP contribution >= 0.6 is 22.9 Å². The zero-order valence-corrected chi connectivity index (χ0v) is 17.2. The summed E-state index contributed by atoms with van der Waals surface area (Å²) in [5.41, 5.74) is 0.469. The number of methoxy groups -OCH3 is 1. The van der Waals surface area contributed by atoms with E-state index in [1.807, 2.05) is 10.8 Å². The van der Waals surface area contributed by atoms with E-state index in [-0.39, 0.29) is 11.3 Å². The predicted octanol–water partition coefficient (Wildman–Crippen LogP) is 4.25. The first kappa shape index (κ1) is 20.7. The summed E-state index contributed by atoms with van der Waals surface area (Å²) < 4.78 is 7.28. The molecule has 27 heavy (non-hydrogen) atoms. The number of rotatable bonds is 4. The third-order valence-electron chi connectivity index (χ3n) is 3.68. The lowest BCUT2D eigenvalue weighted by Crippen LogP contribution is -2.17. The molecular weight excluding hydrogens is 382 g/mol. The van der Waals surface area contributed by atoms with Gasteiger partial charge < -0.3 is 9.30 Å². The number of amidine groups is 1. The van der Waals surface area contributed by atoms with Crippen molar-refractivity contribution in [2.45, 2.75) is 39.2 Å². The summed E-state index contributed by atoms with van der Waals surface area (Å²) in [5, 5.41) is 18.6. The van der Waals surface area contributed by atoms with Crippen LogP contribution < -0.4 is 9.54 Å². The standard InChI is InChI=1S/C19H20ClN5OS/c1-19(2,3)16-11-25(9-5-8-21)18(27-16)24-17(23-12-22)14-10-13(20)6-7-15(14)26-4/h6-7,10-11H,5,9H2,1-4H3. The number of benzene rings is 1. The highest BCUT2D eigenvalue weighted by atomic mass is 35.5. The minimum Gasteiger partial charge on any atom is -0.496 e. The maximum Gasteiger partial charge on any atom is 0.207 e. The van der Waals surface area contributed by atoms with Crippen LogP contribution in [-0.4, -0.2) is 17.5 Å². The topological polar surface area (TPSA) is 86.5 Å². The average Bonchev–Trinajstić information content (AvgIpc) is 3.02. The molecule has 0 amide bonds. The van der Waals surface area contributed by atoms with Crippen molar-refractivity contribution in [3.05, 3.63) is 44.7 Å². The van der Waals surface area contributed by atoms with Gasteiger partial charge >= 0.3 is 0 Å². The normalized spacial score (nSPS) is 12.6. The van der Waals surface area contributed by atoms with Crippen LogP contribution in [0.5, 0.6) is 5.75 Å². The summed E-state index contributed by atoms with van der Waals surface area (Å²) in [6, 6.07) is 7.22. The van der Waals surface area contributed by atoms with E-state index in [4.69, 9.17) is 26.9 Å². The van der Waals surface area contributed by atoms with Crippen molar-refractivity contribution < 1.29 is 4.74 Å². The van der Waals surface area contributed by atoms with Crippen LogP contribution in [0.25, 0.3) is 0 Å². The number of ether oxygens (including phenoxy) is 1. The van der Waals surface area contributed by atoms with Crippen molar-refractivity contribution in [1.29, 1.82) is 10.5 Å². The number of nitrogens with zero attached hydrogens (tertiary/aromatic N) is 5. The Labute approximate surface area is 167 Å². The first-order valence-electron chi connectivity index (χ1n) is 8.23. The molecule has 1 aromatic heterocycles. The van der Waals surface area contributed by atoms with E-state index in [0.29, 0.717) is 34.1 Å². The van der Waals surface area contributed by atoms with Gasteiger partial charge in [-0.15, -0.1) is 11.3 Å². The van der Waals surface area contributed by atoms with Crippen LogP contribution in [-0.2, 0) is 12.0 Å². The van der Waals surface area contributed by atoms with Crippen molar-refractivity contribution in [3.63, 3.8) is 0 Å². The van der Waals surface area contributed by atoms with Crippen LogP contribution in [0.15, 0.2) is 34.4 Å². The molecule has 0 saturated carbocycles. The highest BCUT2D eigenvalue weighted by molar-refractivity contribution is 7.09. The van der Waals surface area contributed by atoms with Crippen LogP contribution in [0.3, 0.4) is 0 Å². The van der Waals surface area contributed by atoms with Gasteiger partial charge in [0.15, 0.2) is 10.6 Å². The first-order chi connectivity index (χ1) is 12.8. The lowest BCUT2D eigenvalue weighted by atomic mass is 9.95. The van der Waals surface area contributed by atoms with Gasteiger partial charge in [0.05, 0.1) is 25.2 Å². The molecule has 8 heteroatoms. The molecular formula is C19H20ClN5OS. The fraction of sp³-hybridized carbons (Fsp3) is 0.368. The summed E-state index contributed by atoms with van der Waals surface area (Å²) in [6.07, 6.45) is 4.16. The van der Waals surface area contributed by atoms with Crippen LogP contribution in [0, 0.1) is 22.8 Å². The molecule has 0 bridgehead atoms. The third kappa shape index (κ3) is 5.19. The van der Waals surface area contributed by atoms with Crippen molar-refractivity contribution in [3.8, 4) is 18.0 Å². The number of hydrogen-bond acceptors (Lipinski definition) is 5. The highest BCUT2D eigenvalue weighted by Gasteiger charge is 2.18. The second kappa shape index (κ2) is 8.85. The molecule has 0 spiro atoms. The minimum absolute atomic E-state index is 0.0624. The van der Waals surface area contributed by atoms with Crippen LogP contribution in [0.2, 0.25) is 5.02 Å². The predicted molar refractivity (Wildman–Crippen MR) is 107 cm³/mol. The van der Waals surface area contributed by atoms with Gasteiger partial charge in [0.1, 0.15) is 5.75 Å². The Bertz CT molecular complexity index is 999. The molecule has 0 N–H and O–H groups in total. The molecule has 1 aromatic carbocycles. The lowest BCUT2D eigenvalue weighted by Gasteiger charge is -2.14. The van der Waals surface area contributed by atoms with E-state index in [1.165, 1.54) is 18.4 Å². The van der Waals surface area contributed by atoms with E-state index < -0.39 is 0 Å². The van der Waals surface area contributed by atoms with Crippen molar-refractivity contribution in [1.82, 2.24) is 4.57 Å². The molecule has 2 aromatic rings. The molecule has 140 valence electrons. The number of aromatic nitrogens is 1. The number of aliphatic imine (C=N–C) groups is 1. The van der Waals surface area contributed by atoms with Crippen LogP contribution in [0.4, 0.5) is 0 Å². The lowest BCUT2D eigenvalue weighted by molar-refractivity contribution is 0.414. The SMILES string of the molecule is COc1ccc(Cl)cc1C(=NC#N)N=c1sc(C(C)(C)C)cn1CCC#N. The second-order valence-electron chi connectivity index (χ2n) is 6.72. The molecule has 0 aliphatic rings. The molecule has 0 aliphatic carbocycles. The molecule has 0 aliphatic heterocycles. The number of thiazole rings is 1. The Kier molecular flexibility index (Phi) is 6.79. The van der Waals surface area contributed by atoms with Crippen LogP contribution in [0.1, 0.15) is 37.6 Å². The Hall–Kier alpha value is -2.61. The van der Waals surface area contributed by atoms with E-state index in [1.54, 1.807) is 24.4 Å². The smallest absolute Gasteiger partial charge is 0.207 e. The van der Waals surface area contributed by atoms with Gasteiger partial charge in [0.2, 0.25) is 6.19 Å². The van der Waals surface area contributed by atoms with E-state index in [2.05, 4.69) is 36.8 Å². The third-order valence-corrected chi connectivity index (χ3v) is 5.36. The van der Waals surface area contributed by atoms with Crippen molar-refractivity contribution >= 4 is 28.8 Å². The molecule has 0 radical (unpaired) electrons. The Morgan fingerprint density at radius 2 is 2.07 bits per heavy atom. The summed E-state index contributed by atoms with van der Waals surface area (Å²) in [7, 11) is 1.53. The molecule has 0 unspecified atom stereocenters. The monoisotopic (exact) mass is 401 g/mol. The Balaban J connectivity index is 2.68. The van der Waals surface area contributed by atoms with Gasteiger partial charge in [-0.1, -0.05) is 32.4 Å². The fourth-order valence-electron chi connectivity index (χ4n) is 2.28. The van der Waals surface area contributed by atoms with Gasteiger partial charge in [0, 0.05) is 22.6 Å². The number of hydrogen-bond donors (Lipinski definition) is 0. The number of halogens is 1. The quantitative estimate of drug-likeness (QED) is 0.436. The van der Waals surface area contributed by atoms with Crippen molar-refractivity contribution in [2.75, 3.05) is 7.11 Å². The molecule has 0 saturated heterocycles. The molecule has 6 nitrogen and oxygen atoms in total. The summed E-state index contributed by atoms with van der Waals surface area (Å²) >= 11 is 7.62. The van der Waals surface area contributed by atoms with Crippen molar-refractivity contribution in [2.24, 2.45) is 9.98 Å². The summed E-state index contributed by atoms with van der Waals surface area (Å²) in [5.74, 6) is 0.734. The Morgan fingerprint density at radius 1 is 1.33 bits per heavy atom. The zero-order valence-electron chi connectivity index (χ0n) is 15.7. The molecule has 0 atom stereocenters. The fourth-order valence-corrected chi connectivity index (χ4v) is 3.53. The molecule has 0 fully saturated rings. The number of nitriles is 2. The summed E-state index contributed by atoms with van der Waals surface area (Å²) in [6.45, 7) is 6.85. The molecule has 2 rings (SSSR count). The largest absolute Gasteiger partial charge is 0.496 e. The Morgan fingerprint density at radius 3 is 2.67 bits per heavy atom. The first-order valence-corrected chi connectivity index (χ1v) is 9.42. The van der Waals surface area contributed by atoms with E-state index in [0.717, 1.165) is 4.88 Å². The van der Waals surface area contributed by atoms with E-state index in [9.17, 15) is 0 Å². The van der Waals surface area contributed by atoms with Gasteiger partial charge in [-0.25, -0.2) is 0 Å². The van der Waals surface area contributed by atoms with E-state index >= 15 is 0 Å². The number of aryl methyl sites for hydroxylation is 1. The minimum atomic E-state index is -0.0624. The van der Waals surface area contributed by atoms with Gasteiger partial charge in [-0.2, -0.15) is 20.5 Å². The maximum absolute atomic E-state index is 9.14. The summed E-state index contributed by atoms with van der Waals surface area (Å²) in [4.78, 5) is 10.3. The van der Waals surface area contributed by atoms with Gasteiger partial charge in [0.25, 0.3) is 0 Å². The van der Waals surface area contributed by atoms with Gasteiger partial charge in [-0.3, -0.25) is 0 Å². The highest BCUT2D eigenvalue weighted by Crippen LogP contribution is 2.26.